The van der Waals surface area contributed by atoms with Crippen molar-refractivity contribution in [3.63, 3.8) is 0 Å². The van der Waals surface area contributed by atoms with Crippen molar-refractivity contribution < 1.29 is 14.8 Å². The summed E-state index contributed by atoms with van der Waals surface area (Å²) in [5, 5.41) is 13.9. The van der Waals surface area contributed by atoms with Crippen LogP contribution >= 0.6 is 0 Å². The lowest BCUT2D eigenvalue weighted by molar-refractivity contribution is 0.0555. The van der Waals surface area contributed by atoms with Crippen LogP contribution in [0.5, 0.6) is 0 Å². The number of nitrogens with two attached hydrogens (primary N) is 2. The summed E-state index contributed by atoms with van der Waals surface area (Å²) < 4.78 is 0. The Balaban J connectivity index is 2.05. The third-order valence-electron chi connectivity index (χ3n) is 3.69. The molecule has 2 aromatic rings. The Morgan fingerprint density at radius 1 is 0.769 bits per heavy atom. The molecule has 0 aliphatic carbocycles. The molecule has 0 unspecified atom stereocenters. The first-order valence-electron chi connectivity index (χ1n) is 8.73. The molecular weight excluding hydrogens is 332 g/mol. The lowest BCUT2D eigenvalue weighted by Crippen LogP contribution is -2.40. The quantitative estimate of drug-likeness (QED) is 0.442. The fraction of sp³-hybridized carbons (Fsp3) is 0.368. The standard InChI is InChI=1S/C19H28N4O3/c1-3-25-22(17-9-5-15(20)6-10-17)13-19(24)14-23(26-4-2)18-11-7-16(21)8-12-18/h5-12,19,24H,3-4,13-14,20-21H2,1-2H3. The number of nitrogen functional groups attached to an aromatic ring is 2. The molecule has 0 aromatic heterocycles. The van der Waals surface area contributed by atoms with Crippen LogP contribution in [0.4, 0.5) is 22.7 Å². The van der Waals surface area contributed by atoms with E-state index in [0.29, 0.717) is 24.6 Å². The number of hydrogen-bond acceptors (Lipinski definition) is 7. The Morgan fingerprint density at radius 2 is 1.12 bits per heavy atom. The average molecular weight is 360 g/mol. The van der Waals surface area contributed by atoms with Crippen LogP contribution in [-0.4, -0.2) is 37.5 Å². The van der Waals surface area contributed by atoms with Crippen LogP contribution in [-0.2, 0) is 9.68 Å². The zero-order chi connectivity index (χ0) is 18.9. The highest BCUT2D eigenvalue weighted by Crippen LogP contribution is 2.20. The van der Waals surface area contributed by atoms with Crippen molar-refractivity contribution in [3.8, 4) is 0 Å². The molecule has 2 aromatic carbocycles. The molecular formula is C19H28N4O3. The van der Waals surface area contributed by atoms with E-state index < -0.39 is 6.10 Å². The molecule has 0 fully saturated rings. The Bertz CT molecular complexity index is 591. The van der Waals surface area contributed by atoms with Gasteiger partial charge in [-0.1, -0.05) is 0 Å². The Kier molecular flexibility index (Phi) is 7.53. The first kappa shape index (κ1) is 19.8. The van der Waals surface area contributed by atoms with Gasteiger partial charge in [-0.3, -0.25) is 19.8 Å². The number of aliphatic hydroxyl groups is 1. The molecule has 0 heterocycles. The fourth-order valence-corrected chi connectivity index (χ4v) is 2.50. The smallest absolute Gasteiger partial charge is 0.0940 e. The number of hydroxylamine groups is 2. The van der Waals surface area contributed by atoms with Gasteiger partial charge < -0.3 is 16.6 Å². The number of anilines is 4. The van der Waals surface area contributed by atoms with Crippen LogP contribution in [0.15, 0.2) is 48.5 Å². The van der Waals surface area contributed by atoms with E-state index in [1.165, 1.54) is 0 Å². The normalized spacial score (nSPS) is 10.9. The number of aliphatic hydroxyl groups excluding tert-OH is 1. The summed E-state index contributed by atoms with van der Waals surface area (Å²) in [5.41, 5.74) is 14.5. The summed E-state index contributed by atoms with van der Waals surface area (Å²) >= 11 is 0. The molecule has 0 saturated carbocycles. The van der Waals surface area contributed by atoms with Crippen LogP contribution < -0.4 is 21.6 Å². The summed E-state index contributed by atoms with van der Waals surface area (Å²) in [6.45, 7) is 5.36. The van der Waals surface area contributed by atoms with Gasteiger partial charge >= 0.3 is 0 Å². The zero-order valence-electron chi connectivity index (χ0n) is 15.3. The third kappa shape index (κ3) is 5.80. The maximum absolute atomic E-state index is 10.6. The molecule has 142 valence electrons. The Morgan fingerprint density at radius 3 is 1.42 bits per heavy atom. The van der Waals surface area contributed by atoms with Gasteiger partial charge in [-0.15, -0.1) is 0 Å². The minimum Gasteiger partial charge on any atom is -0.399 e. The highest BCUT2D eigenvalue weighted by Gasteiger charge is 2.18. The monoisotopic (exact) mass is 360 g/mol. The van der Waals surface area contributed by atoms with Crippen LogP contribution in [0, 0.1) is 0 Å². The lowest BCUT2D eigenvalue weighted by Gasteiger charge is -2.30. The van der Waals surface area contributed by atoms with Gasteiger partial charge in [-0.25, -0.2) is 0 Å². The van der Waals surface area contributed by atoms with Crippen LogP contribution in [0.2, 0.25) is 0 Å². The molecule has 0 spiro atoms. The predicted molar refractivity (Wildman–Crippen MR) is 106 cm³/mol. The summed E-state index contributed by atoms with van der Waals surface area (Å²) in [6, 6.07) is 14.6. The van der Waals surface area contributed by atoms with Gasteiger partial charge in [0.1, 0.15) is 0 Å². The second-order valence-corrected chi connectivity index (χ2v) is 5.79. The van der Waals surface area contributed by atoms with Crippen LogP contribution in [0.25, 0.3) is 0 Å². The molecule has 0 aliphatic heterocycles. The highest BCUT2D eigenvalue weighted by molar-refractivity contribution is 5.53. The molecule has 0 radical (unpaired) electrons. The van der Waals surface area contributed by atoms with E-state index >= 15 is 0 Å². The fourth-order valence-electron chi connectivity index (χ4n) is 2.50. The maximum atomic E-state index is 10.6. The van der Waals surface area contributed by atoms with Gasteiger partial charge in [0.05, 0.1) is 43.8 Å². The molecule has 0 saturated heterocycles. The van der Waals surface area contributed by atoms with Crippen LogP contribution in [0.1, 0.15) is 13.8 Å². The number of hydrogen-bond donors (Lipinski definition) is 3. The molecule has 26 heavy (non-hydrogen) atoms. The molecule has 0 aliphatic rings. The summed E-state index contributed by atoms with van der Waals surface area (Å²) in [7, 11) is 0. The topological polar surface area (TPSA) is 97.2 Å². The molecule has 0 atom stereocenters. The summed E-state index contributed by atoms with van der Waals surface area (Å²) in [5.74, 6) is 0. The second kappa shape index (κ2) is 9.86. The largest absolute Gasteiger partial charge is 0.399 e. The Hall–Kier alpha value is -2.48. The number of rotatable bonds is 10. The van der Waals surface area contributed by atoms with Gasteiger partial charge in [-0.2, -0.15) is 0 Å². The van der Waals surface area contributed by atoms with Crippen molar-refractivity contribution in [2.75, 3.05) is 47.9 Å². The van der Waals surface area contributed by atoms with Gasteiger partial charge in [0.25, 0.3) is 0 Å². The van der Waals surface area contributed by atoms with Gasteiger partial charge in [-0.05, 0) is 62.4 Å². The second-order valence-electron chi connectivity index (χ2n) is 5.79. The number of benzene rings is 2. The van der Waals surface area contributed by atoms with Crippen molar-refractivity contribution in [2.45, 2.75) is 20.0 Å². The van der Waals surface area contributed by atoms with Crippen molar-refractivity contribution in [1.29, 1.82) is 0 Å². The first-order chi connectivity index (χ1) is 12.5. The third-order valence-corrected chi connectivity index (χ3v) is 3.69. The zero-order valence-corrected chi connectivity index (χ0v) is 15.3. The molecule has 7 nitrogen and oxygen atoms in total. The SMILES string of the molecule is CCON(CC(O)CN(OCC)c1ccc(N)cc1)c1ccc(N)cc1. The van der Waals surface area contributed by atoms with E-state index in [1.54, 1.807) is 34.4 Å². The predicted octanol–water partition coefficient (Wildman–Crippen LogP) is 2.43. The molecule has 5 N–H and O–H groups in total. The van der Waals surface area contributed by atoms with Crippen molar-refractivity contribution in [2.24, 2.45) is 0 Å². The van der Waals surface area contributed by atoms with E-state index in [9.17, 15) is 5.11 Å². The Labute approximate surface area is 154 Å². The summed E-state index contributed by atoms with van der Waals surface area (Å²) in [6.07, 6.45) is -0.705. The molecule has 7 heteroatoms. The molecule has 0 amide bonds. The minimum atomic E-state index is -0.705. The van der Waals surface area contributed by atoms with Gasteiger partial charge in [0.15, 0.2) is 0 Å². The van der Waals surface area contributed by atoms with Crippen molar-refractivity contribution >= 4 is 22.7 Å². The van der Waals surface area contributed by atoms with E-state index in [0.717, 1.165) is 11.4 Å². The van der Waals surface area contributed by atoms with Crippen molar-refractivity contribution in [3.05, 3.63) is 48.5 Å². The summed E-state index contributed by atoms with van der Waals surface area (Å²) in [4.78, 5) is 11.3. The van der Waals surface area contributed by atoms with Gasteiger partial charge in [0.2, 0.25) is 0 Å². The number of nitrogens with zero attached hydrogens (tertiary/aromatic N) is 2. The molecule has 2 rings (SSSR count). The van der Waals surface area contributed by atoms with E-state index in [2.05, 4.69) is 0 Å². The highest BCUT2D eigenvalue weighted by atomic mass is 16.7. The average Bonchev–Trinajstić information content (AvgIpc) is 2.62. The van der Waals surface area contributed by atoms with Gasteiger partial charge in [0, 0.05) is 11.4 Å². The maximum Gasteiger partial charge on any atom is 0.0940 e. The lowest BCUT2D eigenvalue weighted by atomic mass is 10.2. The van der Waals surface area contributed by atoms with Crippen LogP contribution in [0.3, 0.4) is 0 Å². The molecule has 0 bridgehead atoms. The van der Waals surface area contributed by atoms with E-state index in [1.807, 2.05) is 38.1 Å². The van der Waals surface area contributed by atoms with Crippen molar-refractivity contribution in [1.82, 2.24) is 0 Å². The minimum absolute atomic E-state index is 0.288. The van der Waals surface area contributed by atoms with E-state index in [4.69, 9.17) is 21.1 Å². The first-order valence-corrected chi connectivity index (χ1v) is 8.73. The van der Waals surface area contributed by atoms with E-state index in [-0.39, 0.29) is 13.1 Å².